The van der Waals surface area contributed by atoms with Crippen molar-refractivity contribution in [1.29, 1.82) is 0 Å². The Morgan fingerprint density at radius 1 is 0.897 bits per heavy atom. The third-order valence-electron chi connectivity index (χ3n) is 6.90. The number of anilines is 2. The Bertz CT molecular complexity index is 1630. The molecule has 39 heavy (non-hydrogen) atoms. The molecule has 8 heteroatoms. The number of nitrogens with zero attached hydrogens (tertiary/aromatic N) is 4. The van der Waals surface area contributed by atoms with Crippen molar-refractivity contribution in [2.75, 3.05) is 19.5 Å². The SMILES string of the molecule is COc1ccc(-c2c(Nc3ccccn3)nc3c(C4=CCCCC4Br)c(-c4ccccc4)nn3c2OC)cc1. The first-order valence-electron chi connectivity index (χ1n) is 12.9. The zero-order valence-electron chi connectivity index (χ0n) is 21.8. The van der Waals surface area contributed by atoms with E-state index >= 15 is 0 Å². The van der Waals surface area contributed by atoms with Crippen molar-refractivity contribution in [3.8, 4) is 34.0 Å². The molecular formula is C31H28BrN5O2. The van der Waals surface area contributed by atoms with Crippen LogP contribution >= 0.6 is 15.9 Å². The fourth-order valence-corrected chi connectivity index (χ4v) is 5.78. The molecule has 3 aromatic heterocycles. The van der Waals surface area contributed by atoms with Gasteiger partial charge in [-0.1, -0.05) is 70.5 Å². The number of benzene rings is 2. The lowest BCUT2D eigenvalue weighted by Gasteiger charge is -2.20. The van der Waals surface area contributed by atoms with Crippen molar-refractivity contribution < 1.29 is 9.47 Å². The van der Waals surface area contributed by atoms with Gasteiger partial charge in [-0.2, -0.15) is 9.61 Å². The average Bonchev–Trinajstić information content (AvgIpc) is 3.36. The number of hydrogen-bond acceptors (Lipinski definition) is 6. The topological polar surface area (TPSA) is 73.6 Å². The fraction of sp³-hybridized carbons (Fsp3) is 0.194. The highest BCUT2D eigenvalue weighted by atomic mass is 79.9. The number of ether oxygens (including phenoxy) is 2. The molecule has 7 nitrogen and oxygen atoms in total. The molecule has 5 aromatic rings. The van der Waals surface area contributed by atoms with Crippen molar-refractivity contribution in [2.45, 2.75) is 24.1 Å². The van der Waals surface area contributed by atoms with Gasteiger partial charge in [-0.05, 0) is 54.7 Å². The zero-order chi connectivity index (χ0) is 26.8. The molecule has 3 heterocycles. The Balaban J connectivity index is 1.68. The van der Waals surface area contributed by atoms with Crippen LogP contribution in [0.15, 0.2) is 85.1 Å². The molecule has 196 valence electrons. The number of allylic oxidation sites excluding steroid dienone is 2. The van der Waals surface area contributed by atoms with E-state index in [-0.39, 0.29) is 4.83 Å². The lowest BCUT2D eigenvalue weighted by atomic mass is 9.91. The molecule has 1 aliphatic rings. The first-order valence-corrected chi connectivity index (χ1v) is 13.8. The minimum Gasteiger partial charge on any atom is -0.497 e. The molecule has 1 unspecified atom stereocenters. The molecule has 0 amide bonds. The normalized spacial score (nSPS) is 15.2. The summed E-state index contributed by atoms with van der Waals surface area (Å²) in [6.45, 7) is 0. The Kier molecular flexibility index (Phi) is 7.02. The van der Waals surface area contributed by atoms with Crippen LogP contribution in [0, 0.1) is 0 Å². The van der Waals surface area contributed by atoms with Crippen LogP contribution in [0.4, 0.5) is 11.6 Å². The molecular weight excluding hydrogens is 554 g/mol. The van der Waals surface area contributed by atoms with Gasteiger partial charge in [0, 0.05) is 16.6 Å². The van der Waals surface area contributed by atoms with Gasteiger partial charge in [0.2, 0.25) is 5.88 Å². The van der Waals surface area contributed by atoms with Gasteiger partial charge in [0.05, 0.1) is 25.3 Å². The predicted molar refractivity (Wildman–Crippen MR) is 159 cm³/mol. The van der Waals surface area contributed by atoms with Gasteiger partial charge >= 0.3 is 0 Å². The molecule has 1 atom stereocenters. The summed E-state index contributed by atoms with van der Waals surface area (Å²) in [5, 5.41) is 8.58. The van der Waals surface area contributed by atoms with Gasteiger partial charge in [-0.15, -0.1) is 0 Å². The lowest BCUT2D eigenvalue weighted by molar-refractivity contribution is 0.387. The molecule has 0 saturated carbocycles. The van der Waals surface area contributed by atoms with Crippen molar-refractivity contribution in [3.63, 3.8) is 0 Å². The van der Waals surface area contributed by atoms with E-state index in [0.717, 1.165) is 58.6 Å². The number of pyridine rings is 1. The summed E-state index contributed by atoms with van der Waals surface area (Å²) in [5.74, 6) is 2.66. The summed E-state index contributed by atoms with van der Waals surface area (Å²) in [6.07, 6.45) is 7.28. The Morgan fingerprint density at radius 3 is 2.38 bits per heavy atom. The lowest BCUT2D eigenvalue weighted by Crippen LogP contribution is -2.09. The number of rotatable bonds is 7. The van der Waals surface area contributed by atoms with E-state index < -0.39 is 0 Å². The third-order valence-corrected chi connectivity index (χ3v) is 7.86. The molecule has 1 aliphatic carbocycles. The molecule has 0 spiro atoms. The monoisotopic (exact) mass is 581 g/mol. The second-order valence-corrected chi connectivity index (χ2v) is 10.4. The van der Waals surface area contributed by atoms with E-state index in [1.807, 2.05) is 65.2 Å². The number of hydrogen-bond donors (Lipinski definition) is 1. The standard InChI is InChI=1S/C31H28BrN5O2/c1-38-22-17-15-20(16-18-22)26-29(34-25-14-8-9-19-33-25)35-30-27(23-12-6-7-13-24(23)32)28(21-10-4-3-5-11-21)36-37(30)31(26)39-2/h3-5,8-12,14-19,24H,6-7,13H2,1-2H3,(H,33,34,35). The van der Waals surface area contributed by atoms with Crippen molar-refractivity contribution in [3.05, 3.63) is 90.6 Å². The van der Waals surface area contributed by atoms with Crippen LogP contribution in [0.5, 0.6) is 11.6 Å². The predicted octanol–water partition coefficient (Wildman–Crippen LogP) is 7.55. The first kappa shape index (κ1) is 25.1. The van der Waals surface area contributed by atoms with E-state index in [4.69, 9.17) is 19.6 Å². The highest BCUT2D eigenvalue weighted by Gasteiger charge is 2.29. The number of alkyl halides is 1. The summed E-state index contributed by atoms with van der Waals surface area (Å²) >= 11 is 3.94. The van der Waals surface area contributed by atoms with E-state index in [2.05, 4.69) is 44.4 Å². The van der Waals surface area contributed by atoms with Crippen LogP contribution in [-0.4, -0.2) is 38.6 Å². The highest BCUT2D eigenvalue weighted by molar-refractivity contribution is 9.09. The van der Waals surface area contributed by atoms with E-state index in [9.17, 15) is 0 Å². The Hall–Kier alpha value is -4.17. The van der Waals surface area contributed by atoms with Crippen molar-refractivity contribution >= 4 is 38.8 Å². The number of aromatic nitrogens is 4. The van der Waals surface area contributed by atoms with E-state index in [1.165, 1.54) is 5.57 Å². The summed E-state index contributed by atoms with van der Waals surface area (Å²) in [4.78, 5) is 9.94. The second-order valence-electron chi connectivity index (χ2n) is 9.30. The van der Waals surface area contributed by atoms with Gasteiger partial charge in [0.25, 0.3) is 0 Å². The van der Waals surface area contributed by atoms with Crippen LogP contribution in [-0.2, 0) is 0 Å². The van der Waals surface area contributed by atoms with Crippen LogP contribution in [0.1, 0.15) is 24.8 Å². The van der Waals surface area contributed by atoms with Gasteiger partial charge in [0.1, 0.15) is 23.1 Å². The fourth-order valence-electron chi connectivity index (χ4n) is 5.04. The first-order chi connectivity index (χ1) is 19.2. The molecule has 6 rings (SSSR count). The maximum atomic E-state index is 6.10. The summed E-state index contributed by atoms with van der Waals surface area (Å²) in [6, 6.07) is 23.8. The van der Waals surface area contributed by atoms with Gasteiger partial charge in [0.15, 0.2) is 5.65 Å². The number of methoxy groups -OCH3 is 2. The minimum absolute atomic E-state index is 0.211. The van der Waals surface area contributed by atoms with Crippen molar-refractivity contribution in [2.24, 2.45) is 0 Å². The molecule has 0 fully saturated rings. The smallest absolute Gasteiger partial charge is 0.228 e. The second kappa shape index (κ2) is 10.9. The highest BCUT2D eigenvalue weighted by Crippen LogP contribution is 2.44. The molecule has 0 aliphatic heterocycles. The quantitative estimate of drug-likeness (QED) is 0.200. The number of halogens is 1. The minimum atomic E-state index is 0.211. The molecule has 1 N–H and O–H groups in total. The number of nitrogens with one attached hydrogen (secondary N) is 1. The largest absolute Gasteiger partial charge is 0.497 e. The van der Waals surface area contributed by atoms with Crippen LogP contribution < -0.4 is 14.8 Å². The summed E-state index contributed by atoms with van der Waals surface area (Å²) < 4.78 is 13.3. The van der Waals surface area contributed by atoms with E-state index in [0.29, 0.717) is 17.5 Å². The third kappa shape index (κ3) is 4.76. The summed E-state index contributed by atoms with van der Waals surface area (Å²) in [5.41, 5.74) is 6.51. The van der Waals surface area contributed by atoms with E-state index in [1.54, 1.807) is 20.4 Å². The molecule has 0 bridgehead atoms. The van der Waals surface area contributed by atoms with Gasteiger partial charge in [-0.25, -0.2) is 9.97 Å². The Morgan fingerprint density at radius 2 is 1.69 bits per heavy atom. The zero-order valence-corrected chi connectivity index (χ0v) is 23.4. The maximum absolute atomic E-state index is 6.10. The van der Waals surface area contributed by atoms with Crippen LogP contribution in [0.3, 0.4) is 0 Å². The molecule has 2 aromatic carbocycles. The maximum Gasteiger partial charge on any atom is 0.228 e. The number of fused-ring (bicyclic) bond motifs is 1. The van der Waals surface area contributed by atoms with Gasteiger partial charge in [-0.3, -0.25) is 0 Å². The summed E-state index contributed by atoms with van der Waals surface area (Å²) in [7, 11) is 3.33. The van der Waals surface area contributed by atoms with Crippen LogP contribution in [0.2, 0.25) is 0 Å². The molecule has 0 saturated heterocycles. The average molecular weight is 583 g/mol. The van der Waals surface area contributed by atoms with Gasteiger partial charge < -0.3 is 14.8 Å². The Labute approximate surface area is 235 Å². The molecule has 0 radical (unpaired) electrons. The van der Waals surface area contributed by atoms with Crippen molar-refractivity contribution in [1.82, 2.24) is 19.6 Å². The van der Waals surface area contributed by atoms with Crippen LogP contribution in [0.25, 0.3) is 33.6 Å².